The van der Waals surface area contributed by atoms with Gasteiger partial charge in [0.25, 0.3) is 5.91 Å². The fourth-order valence-corrected chi connectivity index (χ4v) is 2.69. The van der Waals surface area contributed by atoms with E-state index in [-0.39, 0.29) is 19.4 Å². The van der Waals surface area contributed by atoms with Gasteiger partial charge in [-0.2, -0.15) is 0 Å². The molecule has 14 heteroatoms. The second-order valence-corrected chi connectivity index (χ2v) is 11.4. The molecule has 0 heterocycles. The quantitative estimate of drug-likeness (QED) is 0.209. The van der Waals surface area contributed by atoms with Crippen LogP contribution >= 0.6 is 0 Å². The Morgan fingerprint density at radius 1 is 0.868 bits per heavy atom. The van der Waals surface area contributed by atoms with E-state index in [1.54, 1.807) is 62.3 Å². The molecule has 0 radical (unpaired) electrons. The zero-order chi connectivity index (χ0) is 30.1. The standard InChI is InChI=1S/C24H43N5O9/c1-14(17(31)32)29(16(30)15(12-11-13-25)26-19(33)36-22(2,3)4)18(27-20(34)37-23(5,6)7)28-21(35)38-24(8,9)10/h14-15H,11-13,25H2,1-10H3,(H,26,33)(H,31,32)(H,27,28,34,35)/t14-,15-/m0/s1. The zero-order valence-corrected chi connectivity index (χ0v) is 24.0. The maximum absolute atomic E-state index is 13.7. The van der Waals surface area contributed by atoms with Crippen molar-refractivity contribution in [2.45, 2.75) is 111 Å². The van der Waals surface area contributed by atoms with Crippen molar-refractivity contribution in [3.05, 3.63) is 0 Å². The number of carboxylic acid groups (broad SMARTS) is 1. The highest BCUT2D eigenvalue weighted by atomic mass is 16.6. The molecule has 0 saturated carbocycles. The molecule has 2 atom stereocenters. The number of nitrogens with zero attached hydrogens (tertiary/aromatic N) is 2. The van der Waals surface area contributed by atoms with E-state index in [1.165, 1.54) is 0 Å². The van der Waals surface area contributed by atoms with E-state index in [1.807, 2.05) is 0 Å². The Morgan fingerprint density at radius 2 is 1.34 bits per heavy atom. The summed E-state index contributed by atoms with van der Waals surface area (Å²) in [7, 11) is 0. The van der Waals surface area contributed by atoms with Gasteiger partial charge >= 0.3 is 24.2 Å². The first kappa shape index (κ1) is 34.6. The summed E-state index contributed by atoms with van der Waals surface area (Å²) in [6.45, 7) is 15.6. The van der Waals surface area contributed by atoms with Gasteiger partial charge in [0.05, 0.1) is 0 Å². The average molecular weight is 546 g/mol. The van der Waals surface area contributed by atoms with E-state index in [0.717, 1.165) is 6.92 Å². The Labute approximate surface area is 223 Å². The van der Waals surface area contributed by atoms with Gasteiger partial charge < -0.3 is 30.4 Å². The maximum atomic E-state index is 13.7. The van der Waals surface area contributed by atoms with E-state index in [4.69, 9.17) is 19.9 Å². The second kappa shape index (κ2) is 13.9. The highest BCUT2D eigenvalue weighted by Crippen LogP contribution is 2.14. The average Bonchev–Trinajstić information content (AvgIpc) is 2.66. The van der Waals surface area contributed by atoms with Crippen LogP contribution in [0.3, 0.4) is 0 Å². The minimum absolute atomic E-state index is 0.0103. The number of guanidine groups is 1. The van der Waals surface area contributed by atoms with Crippen molar-refractivity contribution in [1.82, 2.24) is 15.5 Å². The van der Waals surface area contributed by atoms with Crippen LogP contribution in [-0.4, -0.2) is 81.6 Å². The Kier molecular flexibility index (Phi) is 12.7. The lowest BCUT2D eigenvalue weighted by molar-refractivity contribution is -0.146. The molecule has 38 heavy (non-hydrogen) atoms. The zero-order valence-electron chi connectivity index (χ0n) is 24.0. The monoisotopic (exact) mass is 545 g/mol. The van der Waals surface area contributed by atoms with Crippen LogP contribution in [0.5, 0.6) is 0 Å². The molecule has 0 bridgehead atoms. The molecular weight excluding hydrogens is 502 g/mol. The molecular formula is C24H43N5O9. The molecule has 0 saturated heterocycles. The van der Waals surface area contributed by atoms with Gasteiger partial charge in [-0.1, -0.05) is 0 Å². The minimum Gasteiger partial charge on any atom is -0.480 e. The molecule has 5 N–H and O–H groups in total. The summed E-state index contributed by atoms with van der Waals surface area (Å²) < 4.78 is 15.6. The smallest absolute Gasteiger partial charge is 0.437 e. The second-order valence-electron chi connectivity index (χ2n) is 11.4. The third kappa shape index (κ3) is 14.4. The molecule has 0 aromatic rings. The van der Waals surface area contributed by atoms with Gasteiger partial charge in [-0.3, -0.25) is 15.0 Å². The van der Waals surface area contributed by atoms with Crippen LogP contribution in [0.4, 0.5) is 14.4 Å². The van der Waals surface area contributed by atoms with Gasteiger partial charge in [0.15, 0.2) is 0 Å². The van der Waals surface area contributed by atoms with Gasteiger partial charge in [0.1, 0.15) is 28.9 Å². The van der Waals surface area contributed by atoms with E-state index in [0.29, 0.717) is 4.90 Å². The third-order valence-corrected chi connectivity index (χ3v) is 4.10. The number of carbonyl (C=O) groups is 5. The summed E-state index contributed by atoms with van der Waals surface area (Å²) in [5, 5.41) is 14.3. The van der Waals surface area contributed by atoms with Gasteiger partial charge in [-0.05, 0) is 88.6 Å². The first-order chi connectivity index (χ1) is 17.1. The molecule has 0 rings (SSSR count). The van der Waals surface area contributed by atoms with E-state index in [9.17, 15) is 29.1 Å². The van der Waals surface area contributed by atoms with E-state index >= 15 is 0 Å². The molecule has 0 aromatic carbocycles. The van der Waals surface area contributed by atoms with Gasteiger partial charge in [0.2, 0.25) is 5.96 Å². The number of carboxylic acids is 1. The van der Waals surface area contributed by atoms with Crippen molar-refractivity contribution >= 4 is 36.1 Å². The van der Waals surface area contributed by atoms with Gasteiger partial charge in [0, 0.05) is 0 Å². The molecule has 4 amide bonds. The van der Waals surface area contributed by atoms with Gasteiger partial charge in [-0.25, -0.2) is 19.2 Å². The summed E-state index contributed by atoms with van der Waals surface area (Å²) in [6, 6.07) is -3.00. The van der Waals surface area contributed by atoms with Crippen molar-refractivity contribution in [2.24, 2.45) is 10.7 Å². The van der Waals surface area contributed by atoms with Crippen LogP contribution in [0.25, 0.3) is 0 Å². The lowest BCUT2D eigenvalue weighted by Gasteiger charge is -2.32. The van der Waals surface area contributed by atoms with Gasteiger partial charge in [-0.15, -0.1) is 4.99 Å². The van der Waals surface area contributed by atoms with E-state index in [2.05, 4.69) is 15.6 Å². The molecule has 0 aliphatic heterocycles. The Balaban J connectivity index is 6.66. The van der Waals surface area contributed by atoms with Crippen molar-refractivity contribution in [1.29, 1.82) is 0 Å². The Bertz CT molecular complexity index is 898. The fourth-order valence-electron chi connectivity index (χ4n) is 2.69. The summed E-state index contributed by atoms with van der Waals surface area (Å²) in [6.07, 6.45) is -3.02. The number of nitrogens with one attached hydrogen (secondary N) is 2. The Hall–Kier alpha value is -3.42. The number of hydrogen-bond donors (Lipinski definition) is 4. The van der Waals surface area contributed by atoms with Crippen LogP contribution in [0, 0.1) is 0 Å². The Morgan fingerprint density at radius 3 is 1.76 bits per heavy atom. The van der Waals surface area contributed by atoms with E-state index < -0.39 is 65.0 Å². The summed E-state index contributed by atoms with van der Waals surface area (Å²) in [4.78, 5) is 67.5. The summed E-state index contributed by atoms with van der Waals surface area (Å²) in [5.41, 5.74) is 2.72. The molecule has 0 aliphatic carbocycles. The molecule has 0 spiro atoms. The van der Waals surface area contributed by atoms with Crippen LogP contribution in [0.15, 0.2) is 4.99 Å². The van der Waals surface area contributed by atoms with Crippen LogP contribution in [0.2, 0.25) is 0 Å². The fraction of sp³-hybridized carbons (Fsp3) is 0.750. The van der Waals surface area contributed by atoms with Crippen molar-refractivity contribution < 1.29 is 43.3 Å². The predicted molar refractivity (Wildman–Crippen MR) is 138 cm³/mol. The topological polar surface area (TPSA) is 199 Å². The summed E-state index contributed by atoms with van der Waals surface area (Å²) >= 11 is 0. The highest BCUT2D eigenvalue weighted by molar-refractivity contribution is 6.09. The number of ether oxygens (including phenoxy) is 3. The minimum atomic E-state index is -1.65. The lowest BCUT2D eigenvalue weighted by atomic mass is 10.1. The maximum Gasteiger partial charge on any atom is 0.437 e. The lowest BCUT2D eigenvalue weighted by Crippen LogP contribution is -2.59. The SMILES string of the molecule is C[C@@H](C(=O)O)N(C(=O)[C@H](CCCN)NC(=O)OC(C)(C)C)C(=NC(=O)OC(C)(C)C)NC(=O)OC(C)(C)C. The van der Waals surface area contributed by atoms with Crippen LogP contribution in [0.1, 0.15) is 82.1 Å². The van der Waals surface area contributed by atoms with Crippen molar-refractivity contribution in [2.75, 3.05) is 6.54 Å². The summed E-state index contributed by atoms with van der Waals surface area (Å²) in [5.74, 6) is -3.26. The molecule has 0 fully saturated rings. The molecule has 0 aromatic heterocycles. The largest absolute Gasteiger partial charge is 0.480 e. The van der Waals surface area contributed by atoms with Crippen molar-refractivity contribution in [3.63, 3.8) is 0 Å². The number of nitrogens with two attached hydrogens (primary N) is 1. The normalized spacial score (nSPS) is 14.0. The predicted octanol–water partition coefficient (Wildman–Crippen LogP) is 2.74. The molecule has 218 valence electrons. The first-order valence-corrected chi connectivity index (χ1v) is 12.1. The number of rotatable bonds is 7. The van der Waals surface area contributed by atoms with Crippen LogP contribution in [-0.2, 0) is 23.8 Å². The number of aliphatic imine (C=N–C) groups is 1. The highest BCUT2D eigenvalue weighted by Gasteiger charge is 2.38. The number of aliphatic carboxylic acids is 1. The third-order valence-electron chi connectivity index (χ3n) is 4.10. The molecule has 0 unspecified atom stereocenters. The van der Waals surface area contributed by atoms with Crippen molar-refractivity contribution in [3.8, 4) is 0 Å². The molecule has 14 nitrogen and oxygen atoms in total. The molecule has 0 aliphatic rings. The number of amides is 4. The number of alkyl carbamates (subject to hydrolysis) is 2. The number of hydrogen-bond acceptors (Lipinski definition) is 9. The van der Waals surface area contributed by atoms with Crippen LogP contribution < -0.4 is 16.4 Å². The first-order valence-electron chi connectivity index (χ1n) is 12.1. The number of carbonyl (C=O) groups excluding carboxylic acids is 4.